The van der Waals surface area contributed by atoms with E-state index in [1.54, 1.807) is 31.2 Å². The summed E-state index contributed by atoms with van der Waals surface area (Å²) in [5.74, 6) is -0.681. The minimum atomic E-state index is -3.75. The molecule has 5 N–H and O–H groups in total. The van der Waals surface area contributed by atoms with Gasteiger partial charge in [-0.1, -0.05) is 24.3 Å². The van der Waals surface area contributed by atoms with Crippen LogP contribution in [0.1, 0.15) is 30.9 Å². The van der Waals surface area contributed by atoms with Gasteiger partial charge in [-0.3, -0.25) is 4.79 Å². The van der Waals surface area contributed by atoms with Crippen LogP contribution in [0.2, 0.25) is 0 Å². The Bertz CT molecular complexity index is 1370. The third-order valence-corrected chi connectivity index (χ3v) is 7.92. The van der Waals surface area contributed by atoms with Crippen LogP contribution in [0.5, 0.6) is 11.5 Å². The average molecular weight is 497 g/mol. The van der Waals surface area contributed by atoms with Gasteiger partial charge < -0.3 is 20.6 Å². The van der Waals surface area contributed by atoms with Gasteiger partial charge in [0.1, 0.15) is 0 Å². The fourth-order valence-electron chi connectivity index (χ4n) is 4.04. The molecular weight excluding hydrogens is 468 g/mol. The molecule has 0 spiro atoms. The lowest BCUT2D eigenvalue weighted by Gasteiger charge is -2.17. The number of aliphatic hydroxyl groups is 1. The van der Waals surface area contributed by atoms with Gasteiger partial charge in [0.05, 0.1) is 16.9 Å². The topological polar surface area (TPSA) is 136 Å². The number of sulfonamides is 1. The maximum Gasteiger partial charge on any atom is 0.240 e. The van der Waals surface area contributed by atoms with Crippen LogP contribution in [0.3, 0.4) is 0 Å². The second kappa shape index (κ2) is 9.33. The molecule has 4 rings (SSSR count). The first-order chi connectivity index (χ1) is 16.6. The van der Waals surface area contributed by atoms with E-state index >= 15 is 0 Å². The number of nitrogens with one attached hydrogen (secondary N) is 2. The summed E-state index contributed by atoms with van der Waals surface area (Å²) < 4.78 is 27.3. The van der Waals surface area contributed by atoms with Crippen molar-refractivity contribution < 1.29 is 28.5 Å². The molecule has 0 radical (unpaired) electrons. The van der Waals surface area contributed by atoms with Crippen molar-refractivity contribution in [2.45, 2.75) is 43.0 Å². The number of rotatable bonds is 8. The summed E-state index contributed by atoms with van der Waals surface area (Å²) in [7, 11) is -3.75. The molecule has 1 fully saturated rings. The molecule has 1 aliphatic rings. The maximum absolute atomic E-state index is 13.1. The number of phenolic OH excluding ortho intramolecular Hbond substituents is 2. The number of aryl methyl sites for hydroxylation is 1. The Kier molecular flexibility index (Phi) is 6.59. The number of aliphatic hydroxyl groups excluding tert-OH is 1. The van der Waals surface area contributed by atoms with Gasteiger partial charge in [0.15, 0.2) is 11.5 Å². The van der Waals surface area contributed by atoms with Gasteiger partial charge in [0.25, 0.3) is 0 Å². The molecule has 1 unspecified atom stereocenters. The van der Waals surface area contributed by atoms with Crippen LogP contribution < -0.4 is 10.0 Å². The average Bonchev–Trinajstić information content (AvgIpc) is 3.64. The van der Waals surface area contributed by atoms with Crippen molar-refractivity contribution in [3.05, 3.63) is 71.8 Å². The molecule has 8 nitrogen and oxygen atoms in total. The SMILES string of the molecule is Cc1ccc(NC(=O)C2(c3ccc(O)c(O)c3)CC2)cc1-c1ccc(S(=O)(=O)NC(C)CO)cc1. The van der Waals surface area contributed by atoms with Gasteiger partial charge in [-0.05, 0) is 85.3 Å². The number of benzene rings is 3. The molecule has 0 aromatic heterocycles. The monoisotopic (exact) mass is 496 g/mol. The molecule has 1 amide bonds. The van der Waals surface area contributed by atoms with Crippen molar-refractivity contribution in [3.8, 4) is 22.6 Å². The summed E-state index contributed by atoms with van der Waals surface area (Å²) >= 11 is 0. The van der Waals surface area contributed by atoms with E-state index < -0.39 is 21.5 Å². The molecule has 3 aromatic carbocycles. The van der Waals surface area contributed by atoms with Gasteiger partial charge in [-0.15, -0.1) is 0 Å². The van der Waals surface area contributed by atoms with E-state index in [1.807, 2.05) is 19.1 Å². The lowest BCUT2D eigenvalue weighted by atomic mass is 9.94. The van der Waals surface area contributed by atoms with Gasteiger partial charge >= 0.3 is 0 Å². The number of carbonyl (C=O) groups is 1. The Morgan fingerprint density at radius 2 is 1.69 bits per heavy atom. The number of phenols is 2. The maximum atomic E-state index is 13.1. The fraction of sp³-hybridized carbons (Fsp3) is 0.269. The molecule has 0 aliphatic heterocycles. The second-order valence-corrected chi connectivity index (χ2v) is 10.7. The van der Waals surface area contributed by atoms with E-state index in [0.29, 0.717) is 24.1 Å². The van der Waals surface area contributed by atoms with Gasteiger partial charge in [0, 0.05) is 11.7 Å². The number of hydrogen-bond acceptors (Lipinski definition) is 6. The van der Waals surface area contributed by atoms with Crippen LogP contribution in [0.4, 0.5) is 5.69 Å². The van der Waals surface area contributed by atoms with Gasteiger partial charge in [-0.25, -0.2) is 13.1 Å². The molecule has 1 saturated carbocycles. The minimum Gasteiger partial charge on any atom is -0.504 e. The number of anilines is 1. The van der Waals surface area contributed by atoms with Crippen molar-refractivity contribution in [1.82, 2.24) is 4.72 Å². The third-order valence-electron chi connectivity index (χ3n) is 6.31. The van der Waals surface area contributed by atoms with E-state index in [1.165, 1.54) is 24.3 Å². The Hall–Kier alpha value is -3.40. The summed E-state index contributed by atoms with van der Waals surface area (Å²) in [5.41, 5.74) is 3.09. The molecule has 0 bridgehead atoms. The molecular formula is C26H28N2O6S. The minimum absolute atomic E-state index is 0.0940. The molecule has 0 heterocycles. The van der Waals surface area contributed by atoms with Crippen LogP contribution >= 0.6 is 0 Å². The highest BCUT2D eigenvalue weighted by atomic mass is 32.2. The zero-order valence-corrected chi connectivity index (χ0v) is 20.3. The lowest BCUT2D eigenvalue weighted by Crippen LogP contribution is -2.34. The molecule has 9 heteroatoms. The Morgan fingerprint density at radius 3 is 2.29 bits per heavy atom. The van der Waals surface area contributed by atoms with Crippen molar-refractivity contribution in [3.63, 3.8) is 0 Å². The fourth-order valence-corrected chi connectivity index (χ4v) is 5.27. The van der Waals surface area contributed by atoms with Crippen LogP contribution in [-0.2, 0) is 20.2 Å². The molecule has 0 saturated heterocycles. The number of carbonyl (C=O) groups excluding carboxylic acids is 1. The third kappa shape index (κ3) is 5.02. The highest BCUT2D eigenvalue weighted by Crippen LogP contribution is 2.50. The van der Waals surface area contributed by atoms with Crippen LogP contribution in [0.15, 0.2) is 65.6 Å². The summed E-state index contributed by atoms with van der Waals surface area (Å²) in [6.45, 7) is 3.20. The quantitative estimate of drug-likeness (QED) is 0.303. The van der Waals surface area contributed by atoms with E-state index in [9.17, 15) is 23.4 Å². The Morgan fingerprint density at radius 1 is 1.00 bits per heavy atom. The Balaban J connectivity index is 1.55. The predicted octanol–water partition coefficient (Wildman–Crippen LogP) is 3.40. The summed E-state index contributed by atoms with van der Waals surface area (Å²) in [6, 6.07) is 15.8. The summed E-state index contributed by atoms with van der Waals surface area (Å²) in [4.78, 5) is 13.2. The van der Waals surface area contributed by atoms with Crippen molar-refractivity contribution in [2.24, 2.45) is 0 Å². The lowest BCUT2D eigenvalue weighted by molar-refractivity contribution is -0.118. The predicted molar refractivity (Wildman–Crippen MR) is 133 cm³/mol. The van der Waals surface area contributed by atoms with Crippen molar-refractivity contribution >= 4 is 21.6 Å². The smallest absolute Gasteiger partial charge is 0.240 e. The number of amides is 1. The van der Waals surface area contributed by atoms with Crippen LogP contribution in [-0.4, -0.2) is 42.3 Å². The van der Waals surface area contributed by atoms with Gasteiger partial charge in [-0.2, -0.15) is 0 Å². The van der Waals surface area contributed by atoms with Crippen LogP contribution in [0, 0.1) is 6.92 Å². The molecule has 3 aromatic rings. The van der Waals surface area contributed by atoms with E-state index in [0.717, 1.165) is 16.7 Å². The normalized spacial score (nSPS) is 15.4. The molecule has 1 atom stereocenters. The second-order valence-electron chi connectivity index (χ2n) is 9.00. The van der Waals surface area contributed by atoms with E-state index in [4.69, 9.17) is 5.11 Å². The largest absolute Gasteiger partial charge is 0.504 e. The molecule has 184 valence electrons. The van der Waals surface area contributed by atoms with Gasteiger partial charge in [0.2, 0.25) is 15.9 Å². The highest BCUT2D eigenvalue weighted by Gasteiger charge is 2.51. The van der Waals surface area contributed by atoms with Crippen LogP contribution in [0.25, 0.3) is 11.1 Å². The van der Waals surface area contributed by atoms with E-state index in [2.05, 4.69) is 10.0 Å². The zero-order valence-electron chi connectivity index (χ0n) is 19.4. The highest BCUT2D eigenvalue weighted by molar-refractivity contribution is 7.89. The van der Waals surface area contributed by atoms with Crippen molar-refractivity contribution in [2.75, 3.05) is 11.9 Å². The molecule has 1 aliphatic carbocycles. The first kappa shape index (κ1) is 24.7. The summed E-state index contributed by atoms with van der Waals surface area (Å²) in [6.07, 6.45) is 1.28. The Labute approximate surface area is 204 Å². The zero-order chi connectivity index (χ0) is 25.4. The number of hydrogen-bond donors (Lipinski definition) is 5. The standard InChI is InChI=1S/C26H28N2O6S/c1-16-3-7-20(27-25(32)26(11-12-26)19-6-10-23(30)24(31)13-19)14-22(16)18-4-8-21(9-5-18)35(33,34)28-17(2)15-29/h3-10,13-14,17,28-31H,11-12,15H2,1-2H3,(H,27,32). The first-order valence-electron chi connectivity index (χ1n) is 11.2. The summed E-state index contributed by atoms with van der Waals surface area (Å²) in [5, 5.41) is 31.5. The number of aromatic hydroxyl groups is 2. The molecule has 35 heavy (non-hydrogen) atoms. The first-order valence-corrected chi connectivity index (χ1v) is 12.7. The van der Waals surface area contributed by atoms with Crippen molar-refractivity contribution in [1.29, 1.82) is 0 Å². The van der Waals surface area contributed by atoms with E-state index in [-0.39, 0.29) is 28.9 Å².